The molecule has 10 heteroatoms. The topological polar surface area (TPSA) is 66.9 Å². The summed E-state index contributed by atoms with van der Waals surface area (Å²) in [5, 5.41) is 0.747. The molecule has 6 rings (SSSR count). The number of aromatic nitrogens is 3. The third-order valence-corrected chi connectivity index (χ3v) is 7.98. The zero-order valence-electron chi connectivity index (χ0n) is 19.7. The van der Waals surface area contributed by atoms with Gasteiger partial charge >= 0.3 is 0 Å². The molecule has 1 unspecified atom stereocenters. The molecule has 7 nitrogen and oxygen atoms in total. The van der Waals surface area contributed by atoms with Crippen molar-refractivity contribution in [2.75, 3.05) is 39.3 Å². The van der Waals surface area contributed by atoms with Gasteiger partial charge in [-0.3, -0.25) is 0 Å². The summed E-state index contributed by atoms with van der Waals surface area (Å²) in [7, 11) is 5.79. The molecule has 3 aliphatic heterocycles. The van der Waals surface area contributed by atoms with Crippen LogP contribution < -0.4 is 4.90 Å². The molecule has 0 bridgehead atoms. The number of likely N-dealkylation sites (N-methyl/N-ethyl adjacent to an activating group) is 1. The highest BCUT2D eigenvalue weighted by Gasteiger charge is 2.47. The largest absolute Gasteiger partial charge is 0.373 e. The Morgan fingerprint density at radius 1 is 1.20 bits per heavy atom. The normalized spacial score (nSPS) is 25.9. The van der Waals surface area contributed by atoms with E-state index in [9.17, 15) is 8.78 Å². The molecule has 35 heavy (non-hydrogen) atoms. The summed E-state index contributed by atoms with van der Waals surface area (Å²) in [4.78, 5) is 18.3. The Hall–Kier alpha value is -2.95. The van der Waals surface area contributed by atoms with Crippen LogP contribution >= 0.6 is 11.3 Å². The molecule has 1 aromatic carbocycles. The number of benzene rings is 1. The quantitative estimate of drug-likeness (QED) is 0.493. The maximum Gasteiger partial charge on any atom is 0.187 e. The molecule has 182 valence electrons. The van der Waals surface area contributed by atoms with Gasteiger partial charge in [0, 0.05) is 51.5 Å². The number of rotatable bonds is 4. The third kappa shape index (κ3) is 3.99. The summed E-state index contributed by atoms with van der Waals surface area (Å²) in [6.07, 6.45) is 7.56. The highest BCUT2D eigenvalue weighted by atomic mass is 32.1. The zero-order chi connectivity index (χ0) is 24.3. The molecule has 2 saturated heterocycles. The average Bonchev–Trinajstić information content (AvgIpc) is 3.48. The fraction of sp³-hybridized carbons (Fsp3) is 0.400. The van der Waals surface area contributed by atoms with Gasteiger partial charge in [-0.25, -0.2) is 18.7 Å². The molecule has 3 aromatic rings. The first-order valence-electron chi connectivity index (χ1n) is 11.5. The zero-order valence-corrected chi connectivity index (χ0v) is 20.5. The van der Waals surface area contributed by atoms with E-state index in [1.54, 1.807) is 0 Å². The van der Waals surface area contributed by atoms with Crippen LogP contribution in [-0.4, -0.2) is 66.0 Å². The molecule has 2 aromatic heterocycles. The standard InChI is InChI=1S/C25H25F2N5O2S/c1-31(2)24-30-23-21(35-24)20(17-5-4-16(26)11-18(17)27)28-22(29-23)14-7-9-33-19(10-14)15-6-8-25(13-34-25)32(3)12-15/h4-6,8,11-12,14,19H,7,9-10,13H2,1-3H3/t14-,19+,25?/m0/s1. The summed E-state index contributed by atoms with van der Waals surface area (Å²) in [6, 6.07) is 3.57. The molecule has 0 amide bonds. The Balaban J connectivity index is 1.38. The Morgan fingerprint density at radius 3 is 2.74 bits per heavy atom. The number of hydrogen-bond acceptors (Lipinski definition) is 8. The van der Waals surface area contributed by atoms with E-state index < -0.39 is 11.6 Å². The molecule has 3 aliphatic rings. The predicted octanol–water partition coefficient (Wildman–Crippen LogP) is 4.47. The lowest BCUT2D eigenvalue weighted by Crippen LogP contribution is -2.34. The summed E-state index contributed by atoms with van der Waals surface area (Å²) in [5.74, 6) is -0.662. The first-order chi connectivity index (χ1) is 16.8. The maximum atomic E-state index is 14.8. The summed E-state index contributed by atoms with van der Waals surface area (Å²) in [5.41, 5.74) is 1.99. The number of fused-ring (bicyclic) bond motifs is 1. The lowest BCUT2D eigenvalue weighted by molar-refractivity contribution is 0.0277. The molecule has 2 fully saturated rings. The molecular formula is C25H25F2N5O2S. The second-order valence-electron chi connectivity index (χ2n) is 9.39. The number of thiazole rings is 1. The SMILES string of the molecule is CN(C)c1nc2nc([C@H]3CCO[C@@H](C4=CN(C)C5(C=C4)CO5)C3)nc(-c3ccc(F)cc3F)c2s1. The van der Waals surface area contributed by atoms with Gasteiger partial charge in [0.15, 0.2) is 16.5 Å². The summed E-state index contributed by atoms with van der Waals surface area (Å²) < 4.78 is 40.8. The summed E-state index contributed by atoms with van der Waals surface area (Å²) in [6.45, 7) is 1.25. The van der Waals surface area contributed by atoms with Crippen molar-refractivity contribution in [3.8, 4) is 11.3 Å². The lowest BCUT2D eigenvalue weighted by Gasteiger charge is -2.33. The lowest BCUT2D eigenvalue weighted by atomic mass is 9.90. The fourth-order valence-corrected chi connectivity index (χ4v) is 5.55. The van der Waals surface area contributed by atoms with Gasteiger partial charge in [-0.05, 0) is 36.6 Å². The van der Waals surface area contributed by atoms with Crippen molar-refractivity contribution in [2.45, 2.75) is 30.6 Å². The predicted molar refractivity (Wildman–Crippen MR) is 130 cm³/mol. The van der Waals surface area contributed by atoms with Crippen LogP contribution in [0.25, 0.3) is 21.6 Å². The number of ether oxygens (including phenoxy) is 2. The van der Waals surface area contributed by atoms with Gasteiger partial charge < -0.3 is 19.3 Å². The fourth-order valence-electron chi connectivity index (χ4n) is 4.62. The van der Waals surface area contributed by atoms with Crippen molar-refractivity contribution >= 4 is 26.8 Å². The van der Waals surface area contributed by atoms with E-state index in [1.807, 2.05) is 26.0 Å². The molecule has 0 saturated carbocycles. The molecule has 5 heterocycles. The number of epoxide rings is 1. The van der Waals surface area contributed by atoms with Crippen molar-refractivity contribution < 1.29 is 18.3 Å². The molecule has 0 aliphatic carbocycles. The van der Waals surface area contributed by atoms with Gasteiger partial charge in [-0.1, -0.05) is 17.4 Å². The van der Waals surface area contributed by atoms with E-state index in [0.717, 1.165) is 23.2 Å². The number of anilines is 1. The Morgan fingerprint density at radius 2 is 2.03 bits per heavy atom. The van der Waals surface area contributed by atoms with Gasteiger partial charge in [0.2, 0.25) is 0 Å². The van der Waals surface area contributed by atoms with Crippen molar-refractivity contribution in [1.29, 1.82) is 0 Å². The number of nitrogens with zero attached hydrogens (tertiary/aromatic N) is 5. The van der Waals surface area contributed by atoms with Crippen molar-refractivity contribution in [2.24, 2.45) is 0 Å². The van der Waals surface area contributed by atoms with Crippen LogP contribution in [0.15, 0.2) is 42.1 Å². The highest BCUT2D eigenvalue weighted by molar-refractivity contribution is 7.22. The Labute approximate surface area is 205 Å². The van der Waals surface area contributed by atoms with Crippen LogP contribution in [0.4, 0.5) is 13.9 Å². The first kappa shape index (κ1) is 22.5. The van der Waals surface area contributed by atoms with Crippen LogP contribution in [0.5, 0.6) is 0 Å². The highest BCUT2D eigenvalue weighted by Crippen LogP contribution is 2.41. The number of hydrogen-bond donors (Lipinski definition) is 0. The van der Waals surface area contributed by atoms with Crippen LogP contribution in [0, 0.1) is 11.6 Å². The minimum Gasteiger partial charge on any atom is -0.373 e. The Kier molecular flexibility index (Phi) is 5.35. The molecule has 1 spiro atoms. The minimum absolute atomic E-state index is 0.0117. The van der Waals surface area contributed by atoms with Gasteiger partial charge in [0.05, 0.1) is 11.8 Å². The maximum absolute atomic E-state index is 14.8. The molecule has 0 radical (unpaired) electrons. The van der Waals surface area contributed by atoms with Crippen molar-refractivity contribution in [3.63, 3.8) is 0 Å². The van der Waals surface area contributed by atoms with Crippen LogP contribution in [0.1, 0.15) is 24.6 Å². The van der Waals surface area contributed by atoms with Crippen LogP contribution in [-0.2, 0) is 9.47 Å². The van der Waals surface area contributed by atoms with Crippen molar-refractivity contribution in [3.05, 3.63) is 59.6 Å². The van der Waals surface area contributed by atoms with E-state index >= 15 is 0 Å². The van der Waals surface area contributed by atoms with Crippen LogP contribution in [0.3, 0.4) is 0 Å². The second-order valence-corrected chi connectivity index (χ2v) is 10.4. The van der Waals surface area contributed by atoms with E-state index in [0.29, 0.717) is 41.5 Å². The molecule has 3 atom stereocenters. The smallest absolute Gasteiger partial charge is 0.187 e. The average molecular weight is 498 g/mol. The van der Waals surface area contributed by atoms with Crippen LogP contribution in [0.2, 0.25) is 0 Å². The molecular weight excluding hydrogens is 472 g/mol. The second kappa shape index (κ2) is 8.32. The number of halogens is 2. The van der Waals surface area contributed by atoms with Gasteiger partial charge in [-0.15, -0.1) is 0 Å². The van der Waals surface area contributed by atoms with Crippen molar-refractivity contribution in [1.82, 2.24) is 19.9 Å². The van der Waals surface area contributed by atoms with E-state index in [4.69, 9.17) is 19.4 Å². The van der Waals surface area contributed by atoms with Gasteiger partial charge in [-0.2, -0.15) is 4.98 Å². The third-order valence-electron chi connectivity index (χ3n) is 6.77. The molecule has 0 N–H and O–H groups in total. The van der Waals surface area contributed by atoms with E-state index in [1.165, 1.54) is 23.5 Å². The van der Waals surface area contributed by atoms with E-state index in [2.05, 4.69) is 28.2 Å². The monoisotopic (exact) mass is 497 g/mol. The van der Waals surface area contributed by atoms with Gasteiger partial charge in [0.1, 0.15) is 28.8 Å². The Bertz CT molecular complexity index is 1370. The minimum atomic E-state index is -0.655. The summed E-state index contributed by atoms with van der Waals surface area (Å²) >= 11 is 1.39. The first-order valence-corrected chi connectivity index (χ1v) is 12.4. The van der Waals surface area contributed by atoms with Gasteiger partial charge in [0.25, 0.3) is 0 Å². The van der Waals surface area contributed by atoms with E-state index in [-0.39, 0.29) is 23.3 Å².